The smallest absolute Gasteiger partial charge is 0.313 e. The van der Waals surface area contributed by atoms with Gasteiger partial charge in [0.1, 0.15) is 6.61 Å². The van der Waals surface area contributed by atoms with Crippen molar-refractivity contribution in [2.24, 2.45) is 0 Å². The second kappa shape index (κ2) is 10.7. The number of aryl methyl sites for hydroxylation is 1. The molecule has 0 radical (unpaired) electrons. The molecule has 0 saturated carbocycles. The summed E-state index contributed by atoms with van der Waals surface area (Å²) in [4.78, 5) is 14.9. The number of hydrogen-bond acceptors (Lipinski definition) is 3. The van der Waals surface area contributed by atoms with Gasteiger partial charge in [0.15, 0.2) is 0 Å². The van der Waals surface area contributed by atoms with Crippen LogP contribution in [-0.4, -0.2) is 37.1 Å². The molecule has 0 amide bonds. The van der Waals surface area contributed by atoms with Gasteiger partial charge in [0.05, 0.1) is 5.92 Å². The Morgan fingerprint density at radius 1 is 0.960 bits per heavy atom. The number of likely N-dealkylation sites (N-methyl/N-ethyl adjacent to an activating group) is 1. The molecule has 2 aromatic carbocycles. The molecule has 0 bridgehead atoms. The van der Waals surface area contributed by atoms with E-state index in [1.165, 1.54) is 5.56 Å². The third-order valence-corrected chi connectivity index (χ3v) is 4.60. The van der Waals surface area contributed by atoms with Gasteiger partial charge >= 0.3 is 5.97 Å². The Morgan fingerprint density at radius 3 is 2.16 bits per heavy atom. The summed E-state index contributed by atoms with van der Waals surface area (Å²) in [5.41, 5.74) is 2.28. The van der Waals surface area contributed by atoms with Crippen LogP contribution in [0.25, 0.3) is 0 Å². The first-order chi connectivity index (χ1) is 12.2. The van der Waals surface area contributed by atoms with Crippen LogP contribution in [0.2, 0.25) is 0 Å². The number of nitrogens with zero attached hydrogens (tertiary/aromatic N) is 1. The average Bonchev–Trinajstić information content (AvgIpc) is 2.67. The fourth-order valence-electron chi connectivity index (χ4n) is 2.98. The monoisotopic (exact) mass is 339 g/mol. The topological polar surface area (TPSA) is 29.5 Å². The van der Waals surface area contributed by atoms with Crippen molar-refractivity contribution in [3.8, 4) is 0 Å². The minimum atomic E-state index is -0.210. The normalized spacial score (nSPS) is 12.1. The molecule has 3 nitrogen and oxygen atoms in total. The highest BCUT2D eigenvalue weighted by Crippen LogP contribution is 2.23. The van der Waals surface area contributed by atoms with E-state index in [0.717, 1.165) is 38.0 Å². The lowest BCUT2D eigenvalue weighted by atomic mass is 9.92. The highest BCUT2D eigenvalue weighted by atomic mass is 16.5. The van der Waals surface area contributed by atoms with E-state index in [2.05, 4.69) is 30.9 Å². The second-order valence-electron chi connectivity index (χ2n) is 6.18. The minimum Gasteiger partial charge on any atom is -0.464 e. The van der Waals surface area contributed by atoms with E-state index in [1.54, 1.807) is 0 Å². The molecule has 0 aliphatic heterocycles. The minimum absolute atomic E-state index is 0.116. The van der Waals surface area contributed by atoms with Crippen molar-refractivity contribution >= 4 is 5.97 Å². The van der Waals surface area contributed by atoms with Crippen molar-refractivity contribution in [1.29, 1.82) is 0 Å². The van der Waals surface area contributed by atoms with Crippen LogP contribution < -0.4 is 0 Å². The number of carbonyl (C=O) groups is 1. The van der Waals surface area contributed by atoms with Crippen LogP contribution in [0.3, 0.4) is 0 Å². The second-order valence-corrected chi connectivity index (χ2v) is 6.18. The van der Waals surface area contributed by atoms with Gasteiger partial charge in [0.25, 0.3) is 0 Å². The Bertz CT molecular complexity index is 608. The van der Waals surface area contributed by atoms with Crippen LogP contribution >= 0.6 is 0 Å². The maximum atomic E-state index is 12.7. The molecule has 0 heterocycles. The Morgan fingerprint density at radius 2 is 1.56 bits per heavy atom. The van der Waals surface area contributed by atoms with E-state index in [1.807, 2.05) is 48.5 Å². The predicted molar refractivity (Wildman–Crippen MR) is 103 cm³/mol. The van der Waals surface area contributed by atoms with Gasteiger partial charge in [-0.25, -0.2) is 0 Å². The first kappa shape index (κ1) is 19.2. The molecule has 2 rings (SSSR count). The lowest BCUT2D eigenvalue weighted by Crippen LogP contribution is -2.29. The molecule has 0 aliphatic carbocycles. The average molecular weight is 339 g/mol. The summed E-state index contributed by atoms with van der Waals surface area (Å²) >= 11 is 0. The van der Waals surface area contributed by atoms with Crippen LogP contribution in [0.15, 0.2) is 60.7 Å². The molecule has 1 unspecified atom stereocenters. The number of esters is 1. The quantitative estimate of drug-likeness (QED) is 0.605. The van der Waals surface area contributed by atoms with Crippen LogP contribution in [0.5, 0.6) is 0 Å². The number of rotatable bonds is 10. The van der Waals surface area contributed by atoms with Gasteiger partial charge in [-0.2, -0.15) is 0 Å². The number of carbonyl (C=O) groups excluding carboxylic acids is 1. The maximum Gasteiger partial charge on any atom is 0.313 e. The molecular weight excluding hydrogens is 310 g/mol. The highest BCUT2D eigenvalue weighted by molar-refractivity contribution is 5.78. The largest absolute Gasteiger partial charge is 0.464 e. The zero-order valence-electron chi connectivity index (χ0n) is 15.4. The third kappa shape index (κ3) is 6.35. The predicted octanol–water partition coefficient (Wildman–Crippen LogP) is 4.29. The molecule has 0 aliphatic rings. The molecule has 3 heteroatoms. The van der Waals surface area contributed by atoms with Gasteiger partial charge in [-0.15, -0.1) is 0 Å². The van der Waals surface area contributed by atoms with Crippen molar-refractivity contribution in [1.82, 2.24) is 4.90 Å². The molecule has 134 valence electrons. The number of benzene rings is 2. The summed E-state index contributed by atoms with van der Waals surface area (Å²) in [5.74, 6) is -0.326. The maximum absolute atomic E-state index is 12.7. The summed E-state index contributed by atoms with van der Waals surface area (Å²) in [6, 6.07) is 20.3. The summed E-state index contributed by atoms with van der Waals surface area (Å²) < 4.78 is 5.60. The summed E-state index contributed by atoms with van der Waals surface area (Å²) in [7, 11) is 0. The Balaban J connectivity index is 1.97. The van der Waals surface area contributed by atoms with Crippen LogP contribution in [0.4, 0.5) is 0 Å². The number of ether oxygens (including phenoxy) is 1. The van der Waals surface area contributed by atoms with E-state index < -0.39 is 0 Å². The standard InChI is InChI=1S/C22H29NO2/c1-3-23(4-2)17-18-25-22(24)21(20-13-9-6-10-14-20)16-15-19-11-7-5-8-12-19/h5-14,21H,3-4,15-18H2,1-2H3. The number of hydrogen-bond donors (Lipinski definition) is 0. The van der Waals surface area contributed by atoms with E-state index >= 15 is 0 Å². The molecule has 0 N–H and O–H groups in total. The first-order valence-corrected chi connectivity index (χ1v) is 9.22. The van der Waals surface area contributed by atoms with Crippen LogP contribution in [0.1, 0.15) is 37.3 Å². The van der Waals surface area contributed by atoms with E-state index in [9.17, 15) is 4.79 Å². The first-order valence-electron chi connectivity index (χ1n) is 9.22. The van der Waals surface area contributed by atoms with Gasteiger partial charge in [-0.1, -0.05) is 74.5 Å². The molecule has 1 atom stereocenters. The fraction of sp³-hybridized carbons (Fsp3) is 0.409. The SMILES string of the molecule is CCN(CC)CCOC(=O)C(CCc1ccccc1)c1ccccc1. The van der Waals surface area contributed by atoms with Crippen LogP contribution in [0, 0.1) is 0 Å². The van der Waals surface area contributed by atoms with Crippen molar-refractivity contribution in [3.05, 3.63) is 71.8 Å². The summed E-state index contributed by atoms with van der Waals surface area (Å²) in [6.45, 7) is 7.44. The molecule has 0 aromatic heterocycles. The van der Waals surface area contributed by atoms with Crippen molar-refractivity contribution < 1.29 is 9.53 Å². The Hall–Kier alpha value is -2.13. The zero-order valence-corrected chi connectivity index (χ0v) is 15.4. The molecule has 0 fully saturated rings. The lowest BCUT2D eigenvalue weighted by molar-refractivity contribution is -0.146. The van der Waals surface area contributed by atoms with Crippen molar-refractivity contribution in [2.75, 3.05) is 26.2 Å². The Kier molecular flexibility index (Phi) is 8.20. The van der Waals surface area contributed by atoms with Crippen molar-refractivity contribution in [2.45, 2.75) is 32.6 Å². The van der Waals surface area contributed by atoms with Gasteiger partial charge in [-0.3, -0.25) is 4.79 Å². The van der Waals surface area contributed by atoms with Gasteiger partial charge in [-0.05, 0) is 37.1 Å². The fourth-order valence-corrected chi connectivity index (χ4v) is 2.98. The van der Waals surface area contributed by atoms with Crippen molar-refractivity contribution in [3.63, 3.8) is 0 Å². The third-order valence-electron chi connectivity index (χ3n) is 4.60. The zero-order chi connectivity index (χ0) is 17.9. The van der Waals surface area contributed by atoms with Gasteiger partial charge in [0, 0.05) is 6.54 Å². The molecule has 2 aromatic rings. The summed E-state index contributed by atoms with van der Waals surface area (Å²) in [5, 5.41) is 0. The summed E-state index contributed by atoms with van der Waals surface area (Å²) in [6.07, 6.45) is 1.63. The highest BCUT2D eigenvalue weighted by Gasteiger charge is 2.22. The molecule has 0 saturated heterocycles. The van der Waals surface area contributed by atoms with E-state index in [4.69, 9.17) is 4.74 Å². The van der Waals surface area contributed by atoms with E-state index in [-0.39, 0.29) is 11.9 Å². The van der Waals surface area contributed by atoms with E-state index in [0.29, 0.717) is 6.61 Å². The molecule has 0 spiro atoms. The van der Waals surface area contributed by atoms with Gasteiger partial charge < -0.3 is 9.64 Å². The van der Waals surface area contributed by atoms with Gasteiger partial charge in [0.2, 0.25) is 0 Å². The molecule has 25 heavy (non-hydrogen) atoms. The lowest BCUT2D eigenvalue weighted by Gasteiger charge is -2.20. The Labute approximate surface area is 151 Å². The molecular formula is C22H29NO2. The van der Waals surface area contributed by atoms with Crippen LogP contribution in [-0.2, 0) is 16.0 Å².